The molecule has 6 unspecified atom stereocenters. The average molecular weight is 532 g/mol. The Morgan fingerprint density at radius 1 is 1.26 bits per heavy atom. The number of aliphatic hydroxyl groups is 1. The molecule has 0 bridgehead atoms. The molecule has 0 aromatic heterocycles. The molecule has 1 aromatic rings. The number of hydrogen-bond acceptors (Lipinski definition) is 7. The van der Waals surface area contributed by atoms with E-state index in [-0.39, 0.29) is 41.3 Å². The van der Waals surface area contributed by atoms with Crippen LogP contribution in [0.4, 0.5) is 0 Å². The van der Waals surface area contributed by atoms with Gasteiger partial charge in [0.15, 0.2) is 17.7 Å². The first-order valence-electron chi connectivity index (χ1n) is 14.3. The van der Waals surface area contributed by atoms with E-state index in [0.29, 0.717) is 30.6 Å². The van der Waals surface area contributed by atoms with Crippen molar-refractivity contribution in [1.29, 1.82) is 5.26 Å². The van der Waals surface area contributed by atoms with Crippen molar-refractivity contribution in [1.82, 2.24) is 0 Å². The van der Waals surface area contributed by atoms with Gasteiger partial charge in [0.1, 0.15) is 12.4 Å². The molecule has 39 heavy (non-hydrogen) atoms. The summed E-state index contributed by atoms with van der Waals surface area (Å²) in [6.07, 6.45) is 8.24. The molecular formula is C32H37NO6. The van der Waals surface area contributed by atoms with Crippen molar-refractivity contribution in [2.75, 3.05) is 6.61 Å². The van der Waals surface area contributed by atoms with Crippen LogP contribution in [0.5, 0.6) is 5.75 Å². The van der Waals surface area contributed by atoms with E-state index in [4.69, 9.17) is 19.5 Å². The Hall–Kier alpha value is -2.79. The minimum absolute atomic E-state index is 0.0158. The van der Waals surface area contributed by atoms with Crippen LogP contribution in [0.1, 0.15) is 64.9 Å². The SMILES string of the molecule is CCCC1O[C@@H]2CC3C4CCC5=CC(=O)C=CC5(C)C4[C@@H](O)CC3(C)[C@]2(C(=O)COc2ccc(C#N)cc2)O1. The van der Waals surface area contributed by atoms with Crippen molar-refractivity contribution >= 4 is 11.6 Å². The van der Waals surface area contributed by atoms with Crippen LogP contribution in [0.15, 0.2) is 48.1 Å². The Kier molecular flexibility index (Phi) is 6.37. The molecular weight excluding hydrogens is 494 g/mol. The van der Waals surface area contributed by atoms with Crippen LogP contribution in [0.25, 0.3) is 0 Å². The lowest BCUT2D eigenvalue weighted by atomic mass is 9.46. The molecule has 4 fully saturated rings. The topological polar surface area (TPSA) is 106 Å². The molecule has 1 aromatic carbocycles. The molecule has 5 aliphatic rings. The van der Waals surface area contributed by atoms with Gasteiger partial charge in [-0.25, -0.2) is 0 Å². The number of fused-ring (bicyclic) bond motifs is 7. The standard InChI is InChI=1S/C32H37NO6/c1-4-5-28-38-27-15-24-23-11-8-20-14-21(34)12-13-30(20,2)29(23)25(35)16-31(24,3)32(27,39-28)26(36)18-37-22-9-6-19(17-33)7-10-22/h6-7,9-10,12-14,23-25,27-29,35H,4-5,8,11,15-16,18H2,1-3H3/t23?,24?,25-,27+,28?,29?,30?,31?,32+/m0/s1. The minimum atomic E-state index is -1.20. The second-order valence-corrected chi connectivity index (χ2v) is 12.5. The first-order valence-corrected chi connectivity index (χ1v) is 14.3. The molecule has 1 N–H and O–H groups in total. The Bertz CT molecular complexity index is 1280. The van der Waals surface area contributed by atoms with Crippen LogP contribution in [0, 0.1) is 39.9 Å². The van der Waals surface area contributed by atoms with E-state index in [0.717, 1.165) is 24.8 Å². The number of carbonyl (C=O) groups excluding carboxylic acids is 2. The molecule has 3 saturated carbocycles. The lowest BCUT2D eigenvalue weighted by molar-refractivity contribution is -0.200. The number of aliphatic hydroxyl groups excluding tert-OH is 1. The van der Waals surface area contributed by atoms with Crippen LogP contribution in [-0.2, 0) is 19.1 Å². The van der Waals surface area contributed by atoms with Gasteiger partial charge >= 0.3 is 0 Å². The zero-order valence-corrected chi connectivity index (χ0v) is 22.9. The first kappa shape index (κ1) is 26.4. The fourth-order valence-electron chi connectivity index (χ4n) is 8.89. The maximum Gasteiger partial charge on any atom is 0.205 e. The summed E-state index contributed by atoms with van der Waals surface area (Å²) >= 11 is 0. The highest BCUT2D eigenvalue weighted by Gasteiger charge is 2.75. The monoisotopic (exact) mass is 531 g/mol. The molecule has 1 heterocycles. The predicted octanol–water partition coefficient (Wildman–Crippen LogP) is 4.68. The van der Waals surface area contributed by atoms with Crippen molar-refractivity contribution in [3.05, 3.63) is 53.6 Å². The lowest BCUT2D eigenvalue weighted by Crippen LogP contribution is -2.63. The number of nitriles is 1. The van der Waals surface area contributed by atoms with Gasteiger partial charge in [0.2, 0.25) is 5.78 Å². The fraction of sp³-hybridized carbons (Fsp3) is 0.594. The van der Waals surface area contributed by atoms with Crippen molar-refractivity contribution in [3.63, 3.8) is 0 Å². The smallest absolute Gasteiger partial charge is 0.205 e. The number of ether oxygens (including phenoxy) is 3. The van der Waals surface area contributed by atoms with Crippen LogP contribution in [-0.4, -0.2) is 47.4 Å². The van der Waals surface area contributed by atoms with E-state index in [9.17, 15) is 14.7 Å². The van der Waals surface area contributed by atoms with Gasteiger partial charge in [-0.05, 0) is 80.4 Å². The first-order chi connectivity index (χ1) is 18.7. The van der Waals surface area contributed by atoms with Crippen LogP contribution in [0.3, 0.4) is 0 Å². The number of allylic oxidation sites excluding steroid dienone is 4. The van der Waals surface area contributed by atoms with Gasteiger partial charge in [0.05, 0.1) is 23.8 Å². The van der Waals surface area contributed by atoms with Gasteiger partial charge in [0.25, 0.3) is 0 Å². The highest BCUT2D eigenvalue weighted by atomic mass is 16.7. The Morgan fingerprint density at radius 3 is 2.74 bits per heavy atom. The number of nitrogens with zero attached hydrogens (tertiary/aromatic N) is 1. The quantitative estimate of drug-likeness (QED) is 0.568. The van der Waals surface area contributed by atoms with Crippen molar-refractivity contribution in [2.24, 2.45) is 28.6 Å². The summed E-state index contributed by atoms with van der Waals surface area (Å²) < 4.78 is 19.1. The largest absolute Gasteiger partial charge is 0.486 e. The van der Waals surface area contributed by atoms with Gasteiger partial charge in [-0.15, -0.1) is 0 Å². The third-order valence-corrected chi connectivity index (χ3v) is 10.6. The van der Waals surface area contributed by atoms with Gasteiger partial charge in [-0.3, -0.25) is 9.59 Å². The summed E-state index contributed by atoms with van der Waals surface area (Å²) in [6.45, 7) is 6.16. The van der Waals surface area contributed by atoms with Crippen molar-refractivity contribution in [2.45, 2.75) is 83.4 Å². The van der Waals surface area contributed by atoms with Crippen molar-refractivity contribution in [3.8, 4) is 11.8 Å². The highest BCUT2D eigenvalue weighted by molar-refractivity contribution is 6.01. The summed E-state index contributed by atoms with van der Waals surface area (Å²) in [4.78, 5) is 26.4. The third-order valence-electron chi connectivity index (χ3n) is 10.6. The van der Waals surface area contributed by atoms with E-state index in [1.54, 1.807) is 36.4 Å². The summed E-state index contributed by atoms with van der Waals surface area (Å²) in [5, 5.41) is 20.9. The lowest BCUT2D eigenvalue weighted by Gasteiger charge is -2.59. The van der Waals surface area contributed by atoms with E-state index in [1.165, 1.54) is 0 Å². The van der Waals surface area contributed by atoms with Gasteiger partial charge in [-0.1, -0.05) is 38.8 Å². The van der Waals surface area contributed by atoms with Gasteiger partial charge in [0, 0.05) is 16.7 Å². The summed E-state index contributed by atoms with van der Waals surface area (Å²) in [6, 6.07) is 8.80. The summed E-state index contributed by atoms with van der Waals surface area (Å²) in [7, 11) is 0. The van der Waals surface area contributed by atoms with Crippen LogP contribution < -0.4 is 4.74 Å². The van der Waals surface area contributed by atoms with Gasteiger partial charge < -0.3 is 19.3 Å². The summed E-state index contributed by atoms with van der Waals surface area (Å²) in [5.41, 5.74) is -0.578. The number of Topliss-reactive ketones (excluding diaryl/α,β-unsaturated/α-hetero) is 1. The molecule has 1 saturated heterocycles. The molecule has 6 rings (SSSR count). The molecule has 7 heteroatoms. The molecule has 4 aliphatic carbocycles. The Morgan fingerprint density at radius 2 is 2.03 bits per heavy atom. The molecule has 9 atom stereocenters. The van der Waals surface area contributed by atoms with Gasteiger partial charge in [-0.2, -0.15) is 5.26 Å². The summed E-state index contributed by atoms with van der Waals surface area (Å²) in [5.74, 6) is 0.638. The second kappa shape index (κ2) is 9.40. The molecule has 0 spiro atoms. The zero-order chi connectivity index (χ0) is 27.6. The second-order valence-electron chi connectivity index (χ2n) is 12.5. The van der Waals surface area contributed by atoms with E-state index in [1.807, 2.05) is 6.08 Å². The fourth-order valence-corrected chi connectivity index (χ4v) is 8.89. The number of hydrogen-bond donors (Lipinski definition) is 1. The molecule has 0 radical (unpaired) electrons. The average Bonchev–Trinajstić information content (AvgIpc) is 3.40. The maximum atomic E-state index is 14.2. The Labute approximate surface area is 229 Å². The number of rotatable bonds is 6. The normalized spacial score (nSPS) is 42.0. The molecule has 1 aliphatic heterocycles. The Balaban J connectivity index is 1.33. The molecule has 0 amide bonds. The third kappa shape index (κ3) is 3.79. The minimum Gasteiger partial charge on any atom is -0.486 e. The van der Waals surface area contributed by atoms with Crippen LogP contribution >= 0.6 is 0 Å². The number of benzene rings is 1. The molecule has 7 nitrogen and oxygen atoms in total. The van der Waals surface area contributed by atoms with Crippen LogP contribution in [0.2, 0.25) is 0 Å². The highest BCUT2D eigenvalue weighted by Crippen LogP contribution is 2.69. The van der Waals surface area contributed by atoms with Crippen molar-refractivity contribution < 1.29 is 28.9 Å². The number of ketones is 2. The molecule has 206 valence electrons. The maximum absolute atomic E-state index is 14.2. The number of carbonyl (C=O) groups is 2. The van der Waals surface area contributed by atoms with E-state index in [2.05, 4.69) is 26.8 Å². The zero-order valence-electron chi connectivity index (χ0n) is 22.9. The predicted molar refractivity (Wildman–Crippen MR) is 142 cm³/mol. The van der Waals surface area contributed by atoms with E-state index >= 15 is 0 Å². The van der Waals surface area contributed by atoms with E-state index < -0.39 is 29.5 Å².